The molecule has 0 bridgehead atoms. The number of alkyl halides is 1. The summed E-state index contributed by atoms with van der Waals surface area (Å²) in [4.78, 5) is 14.7. The molecule has 1 aliphatic heterocycles. The van der Waals surface area contributed by atoms with Crippen molar-refractivity contribution < 1.29 is 4.79 Å². The molecule has 3 rings (SSSR count). The van der Waals surface area contributed by atoms with Gasteiger partial charge in [-0.25, -0.2) is 0 Å². The summed E-state index contributed by atoms with van der Waals surface area (Å²) in [6, 6.07) is 12.2. The zero-order valence-electron chi connectivity index (χ0n) is 13.4. The fourth-order valence-corrected chi connectivity index (χ4v) is 3.42. The number of amides is 1. The zero-order chi connectivity index (χ0) is 15.9. The molecule has 0 saturated carbocycles. The number of piperidine rings is 1. The van der Waals surface area contributed by atoms with Crippen LogP contribution < -0.4 is 0 Å². The summed E-state index contributed by atoms with van der Waals surface area (Å²) in [7, 11) is 0. The van der Waals surface area contributed by atoms with E-state index < -0.39 is 0 Å². The normalized spacial score (nSPS) is 14.4. The van der Waals surface area contributed by atoms with Crippen LogP contribution in [0.1, 0.15) is 49.0 Å². The van der Waals surface area contributed by atoms with Gasteiger partial charge < -0.3 is 4.90 Å². The molecule has 1 saturated heterocycles. The molecular formula is C19H24BrNO. The summed E-state index contributed by atoms with van der Waals surface area (Å²) >= 11 is 3.52. The smallest absolute Gasteiger partial charge is 0.254 e. The van der Waals surface area contributed by atoms with Crippen LogP contribution in [-0.4, -0.2) is 23.9 Å². The number of carbonyl (C=O) groups is 1. The van der Waals surface area contributed by atoms with Gasteiger partial charge in [-0.1, -0.05) is 60.1 Å². The predicted octanol–water partition coefficient (Wildman–Crippen LogP) is 5.39. The molecule has 0 aliphatic carbocycles. The second-order valence-electron chi connectivity index (χ2n) is 5.30. The highest BCUT2D eigenvalue weighted by molar-refractivity contribution is 9.08. The molecule has 3 heteroatoms. The topological polar surface area (TPSA) is 20.3 Å². The Morgan fingerprint density at radius 1 is 1.00 bits per heavy atom. The Kier molecular flexibility index (Phi) is 6.44. The third kappa shape index (κ3) is 3.52. The van der Waals surface area contributed by atoms with Crippen molar-refractivity contribution in [3.63, 3.8) is 0 Å². The first-order valence-corrected chi connectivity index (χ1v) is 9.29. The second kappa shape index (κ2) is 8.33. The number of hydrogen-bond donors (Lipinski definition) is 0. The molecular weight excluding hydrogens is 338 g/mol. The Balaban J connectivity index is 0.000000847. The summed E-state index contributed by atoms with van der Waals surface area (Å²) in [6.07, 6.45) is 3.50. The van der Waals surface area contributed by atoms with Crippen LogP contribution >= 0.6 is 15.9 Å². The van der Waals surface area contributed by atoms with E-state index in [4.69, 9.17) is 0 Å². The van der Waals surface area contributed by atoms with E-state index in [0.717, 1.165) is 42.2 Å². The monoisotopic (exact) mass is 361 g/mol. The van der Waals surface area contributed by atoms with Crippen molar-refractivity contribution in [1.82, 2.24) is 4.90 Å². The van der Waals surface area contributed by atoms with Gasteiger partial charge in [-0.05, 0) is 41.7 Å². The van der Waals surface area contributed by atoms with Crippen LogP contribution in [0.15, 0.2) is 36.4 Å². The minimum Gasteiger partial charge on any atom is -0.339 e. The van der Waals surface area contributed by atoms with Gasteiger partial charge in [0.05, 0.1) is 0 Å². The van der Waals surface area contributed by atoms with Crippen LogP contribution in [0.5, 0.6) is 0 Å². The zero-order valence-corrected chi connectivity index (χ0v) is 15.0. The summed E-state index contributed by atoms with van der Waals surface area (Å²) in [5, 5.41) is 3.05. The predicted molar refractivity (Wildman–Crippen MR) is 97.7 cm³/mol. The number of rotatable bonds is 2. The van der Waals surface area contributed by atoms with Gasteiger partial charge in [0.1, 0.15) is 0 Å². The summed E-state index contributed by atoms with van der Waals surface area (Å²) in [5.74, 6) is 0.182. The quantitative estimate of drug-likeness (QED) is 0.656. The van der Waals surface area contributed by atoms with Crippen molar-refractivity contribution in [3.8, 4) is 0 Å². The van der Waals surface area contributed by atoms with Crippen molar-refractivity contribution in [2.75, 3.05) is 13.1 Å². The van der Waals surface area contributed by atoms with Crippen molar-refractivity contribution in [2.45, 2.75) is 38.4 Å². The Labute approximate surface area is 141 Å². The molecule has 0 aromatic heterocycles. The Bertz CT molecular complexity index is 632. The first-order chi connectivity index (χ1) is 10.8. The molecule has 2 nitrogen and oxygen atoms in total. The number of fused-ring (bicyclic) bond motifs is 1. The Morgan fingerprint density at radius 3 is 2.27 bits per heavy atom. The minimum atomic E-state index is 0.182. The van der Waals surface area contributed by atoms with Crippen LogP contribution in [0.3, 0.4) is 0 Å². The molecule has 118 valence electrons. The van der Waals surface area contributed by atoms with E-state index >= 15 is 0 Å². The van der Waals surface area contributed by atoms with E-state index in [1.807, 2.05) is 36.9 Å². The molecule has 2 aromatic rings. The lowest BCUT2D eigenvalue weighted by atomic mass is 9.99. The van der Waals surface area contributed by atoms with Crippen molar-refractivity contribution >= 4 is 32.6 Å². The highest BCUT2D eigenvalue weighted by atomic mass is 79.9. The van der Waals surface area contributed by atoms with Gasteiger partial charge >= 0.3 is 0 Å². The van der Waals surface area contributed by atoms with E-state index in [0.29, 0.717) is 0 Å². The number of nitrogens with zero attached hydrogens (tertiary/aromatic N) is 1. The molecule has 0 atom stereocenters. The molecule has 0 unspecified atom stereocenters. The summed E-state index contributed by atoms with van der Waals surface area (Å²) in [5.41, 5.74) is 2.07. The molecule has 1 heterocycles. The SMILES string of the molecule is CC.O=C(c1ccc(CBr)c2ccccc12)N1CCCCC1. The second-order valence-corrected chi connectivity index (χ2v) is 5.87. The molecule has 2 aromatic carbocycles. The summed E-state index contributed by atoms with van der Waals surface area (Å²) in [6.45, 7) is 5.79. The van der Waals surface area contributed by atoms with Crippen LogP contribution in [0, 0.1) is 0 Å². The maximum atomic E-state index is 12.7. The maximum absolute atomic E-state index is 12.7. The number of likely N-dealkylation sites (tertiary alicyclic amines) is 1. The van der Waals surface area contributed by atoms with E-state index in [2.05, 4.69) is 34.1 Å². The fraction of sp³-hybridized carbons (Fsp3) is 0.421. The van der Waals surface area contributed by atoms with Crippen LogP contribution in [-0.2, 0) is 5.33 Å². The molecule has 22 heavy (non-hydrogen) atoms. The van der Waals surface area contributed by atoms with Gasteiger partial charge in [0.25, 0.3) is 5.91 Å². The van der Waals surface area contributed by atoms with Crippen molar-refractivity contribution in [1.29, 1.82) is 0 Å². The average molecular weight is 362 g/mol. The van der Waals surface area contributed by atoms with E-state index in [1.54, 1.807) is 0 Å². The van der Waals surface area contributed by atoms with Gasteiger partial charge in [0.2, 0.25) is 0 Å². The van der Waals surface area contributed by atoms with Gasteiger partial charge in [0.15, 0.2) is 0 Å². The first kappa shape index (κ1) is 17.0. The summed E-state index contributed by atoms with van der Waals surface area (Å²) < 4.78 is 0. The highest BCUT2D eigenvalue weighted by Crippen LogP contribution is 2.26. The average Bonchev–Trinajstić information content (AvgIpc) is 2.62. The van der Waals surface area contributed by atoms with E-state index in [-0.39, 0.29) is 5.91 Å². The lowest BCUT2D eigenvalue weighted by Gasteiger charge is -2.27. The minimum absolute atomic E-state index is 0.182. The van der Waals surface area contributed by atoms with Crippen molar-refractivity contribution in [3.05, 3.63) is 47.5 Å². The van der Waals surface area contributed by atoms with Crippen LogP contribution in [0.4, 0.5) is 0 Å². The van der Waals surface area contributed by atoms with Gasteiger partial charge in [-0.15, -0.1) is 0 Å². The largest absolute Gasteiger partial charge is 0.339 e. The van der Waals surface area contributed by atoms with Crippen LogP contribution in [0.2, 0.25) is 0 Å². The number of halogens is 1. The lowest BCUT2D eigenvalue weighted by Crippen LogP contribution is -2.35. The molecule has 1 fully saturated rings. The fourth-order valence-electron chi connectivity index (χ4n) is 2.93. The van der Waals surface area contributed by atoms with Gasteiger partial charge in [0, 0.05) is 24.0 Å². The van der Waals surface area contributed by atoms with Gasteiger partial charge in [-0.3, -0.25) is 4.79 Å². The first-order valence-electron chi connectivity index (χ1n) is 8.17. The van der Waals surface area contributed by atoms with E-state index in [9.17, 15) is 4.79 Å². The number of hydrogen-bond acceptors (Lipinski definition) is 1. The lowest BCUT2D eigenvalue weighted by molar-refractivity contribution is 0.0726. The molecule has 1 amide bonds. The molecule has 1 aliphatic rings. The van der Waals surface area contributed by atoms with Crippen LogP contribution in [0.25, 0.3) is 10.8 Å². The molecule has 0 radical (unpaired) electrons. The third-order valence-corrected chi connectivity index (χ3v) is 4.64. The number of benzene rings is 2. The number of carbonyl (C=O) groups excluding carboxylic acids is 1. The standard InChI is InChI=1S/C17H18BrNO.C2H6/c18-12-13-8-9-16(15-7-3-2-6-14(13)15)17(20)19-10-4-1-5-11-19;1-2/h2-3,6-9H,1,4-5,10-12H2;1-2H3. The Morgan fingerprint density at radius 2 is 1.64 bits per heavy atom. The Hall–Kier alpha value is -1.35. The maximum Gasteiger partial charge on any atom is 0.254 e. The molecule has 0 spiro atoms. The van der Waals surface area contributed by atoms with Crippen molar-refractivity contribution in [2.24, 2.45) is 0 Å². The molecule has 0 N–H and O–H groups in total. The third-order valence-electron chi connectivity index (χ3n) is 4.03. The highest BCUT2D eigenvalue weighted by Gasteiger charge is 2.20. The van der Waals surface area contributed by atoms with Gasteiger partial charge in [-0.2, -0.15) is 0 Å². The van der Waals surface area contributed by atoms with E-state index in [1.165, 1.54) is 17.4 Å².